The molecule has 3 aromatic rings. The molecular formula is C18H19F3N6O2. The molecule has 2 heterocycles. The van der Waals surface area contributed by atoms with Crippen LogP contribution < -0.4 is 5.32 Å². The molecule has 0 aliphatic rings. The molecule has 0 spiro atoms. The third-order valence-corrected chi connectivity index (χ3v) is 3.96. The van der Waals surface area contributed by atoms with Crippen molar-refractivity contribution in [3.05, 3.63) is 47.9 Å². The summed E-state index contributed by atoms with van der Waals surface area (Å²) in [5, 5.41) is 29.9. The van der Waals surface area contributed by atoms with E-state index in [1.54, 1.807) is 18.3 Å². The number of hydrogen-bond acceptors (Lipinski definition) is 7. The van der Waals surface area contributed by atoms with Gasteiger partial charge in [-0.2, -0.15) is 13.2 Å². The maximum Gasteiger partial charge on any atom is 0.433 e. The highest BCUT2D eigenvalue weighted by molar-refractivity contribution is 5.68. The molecule has 154 valence electrons. The van der Waals surface area contributed by atoms with Crippen LogP contribution in [0.1, 0.15) is 18.2 Å². The molecule has 1 aromatic carbocycles. The van der Waals surface area contributed by atoms with Gasteiger partial charge in [-0.15, -0.1) is 5.10 Å². The lowest BCUT2D eigenvalue weighted by molar-refractivity contribution is -0.141. The van der Waals surface area contributed by atoms with Crippen LogP contribution in [-0.4, -0.2) is 47.4 Å². The second-order valence-corrected chi connectivity index (χ2v) is 6.93. The Morgan fingerprint density at radius 2 is 1.97 bits per heavy atom. The minimum Gasteiger partial charge on any atom is -0.393 e. The molecule has 0 aliphatic heterocycles. The summed E-state index contributed by atoms with van der Waals surface area (Å²) in [5.41, 5.74) is 0.0854. The van der Waals surface area contributed by atoms with Gasteiger partial charge in [0.1, 0.15) is 17.0 Å². The molecule has 3 N–H and O–H groups in total. The lowest BCUT2D eigenvalue weighted by atomic mass is 10.1. The van der Waals surface area contributed by atoms with Crippen LogP contribution in [0.15, 0.2) is 36.7 Å². The zero-order valence-corrected chi connectivity index (χ0v) is 15.6. The highest BCUT2D eigenvalue weighted by Crippen LogP contribution is 2.29. The number of nitrogens with zero attached hydrogens (tertiary/aromatic N) is 5. The van der Waals surface area contributed by atoms with Gasteiger partial charge in [-0.1, -0.05) is 5.21 Å². The van der Waals surface area contributed by atoms with Crippen molar-refractivity contribution in [1.29, 1.82) is 0 Å². The van der Waals surface area contributed by atoms with Crippen LogP contribution in [-0.2, 0) is 12.7 Å². The lowest BCUT2D eigenvalue weighted by Gasteiger charge is -2.19. The molecule has 3 rings (SSSR count). The molecule has 0 radical (unpaired) electrons. The third-order valence-electron chi connectivity index (χ3n) is 3.96. The van der Waals surface area contributed by atoms with E-state index in [0.717, 1.165) is 17.8 Å². The van der Waals surface area contributed by atoms with Gasteiger partial charge in [-0.05, 0) is 43.7 Å². The summed E-state index contributed by atoms with van der Waals surface area (Å²) in [6.07, 6.45) is -1.93. The van der Waals surface area contributed by atoms with E-state index in [0.29, 0.717) is 16.9 Å². The summed E-state index contributed by atoms with van der Waals surface area (Å²) in [6.45, 7) is 2.91. The van der Waals surface area contributed by atoms with Crippen LogP contribution in [0.2, 0.25) is 0 Å². The van der Waals surface area contributed by atoms with Gasteiger partial charge in [0.25, 0.3) is 0 Å². The predicted molar refractivity (Wildman–Crippen MR) is 98.2 cm³/mol. The van der Waals surface area contributed by atoms with Gasteiger partial charge in [0.15, 0.2) is 0 Å². The van der Waals surface area contributed by atoms with Crippen molar-refractivity contribution in [3.8, 4) is 11.3 Å². The van der Waals surface area contributed by atoms with Crippen LogP contribution in [0.25, 0.3) is 11.3 Å². The fourth-order valence-electron chi connectivity index (χ4n) is 2.62. The highest BCUT2D eigenvalue weighted by atomic mass is 19.4. The number of rotatable bonds is 6. The number of aromatic nitrogens is 5. The quantitative estimate of drug-likeness (QED) is 0.575. The topological polar surface area (TPSA) is 109 Å². The van der Waals surface area contributed by atoms with E-state index in [9.17, 15) is 18.3 Å². The van der Waals surface area contributed by atoms with Gasteiger partial charge in [-0.3, -0.25) is 0 Å². The van der Waals surface area contributed by atoms with E-state index >= 15 is 0 Å². The SMILES string of the molecule is Cc1cc(Nc2nccc(C(F)(F)F)n2)cc(-c2cn(C[C@](C)(O)CO)nn2)c1. The van der Waals surface area contributed by atoms with Gasteiger partial charge in [-0.25, -0.2) is 14.6 Å². The minimum atomic E-state index is -4.56. The van der Waals surface area contributed by atoms with Gasteiger partial charge in [0.05, 0.1) is 19.3 Å². The molecule has 0 bridgehead atoms. The summed E-state index contributed by atoms with van der Waals surface area (Å²) in [5.74, 6) is -0.181. The molecule has 0 aliphatic carbocycles. The van der Waals surface area contributed by atoms with Crippen LogP contribution in [0, 0.1) is 6.92 Å². The van der Waals surface area contributed by atoms with Crippen molar-refractivity contribution in [3.63, 3.8) is 0 Å². The summed E-state index contributed by atoms with van der Waals surface area (Å²) in [7, 11) is 0. The van der Waals surface area contributed by atoms with E-state index in [2.05, 4.69) is 25.6 Å². The number of halogens is 3. The van der Waals surface area contributed by atoms with Crippen molar-refractivity contribution in [2.24, 2.45) is 0 Å². The number of aliphatic hydroxyl groups excluding tert-OH is 1. The van der Waals surface area contributed by atoms with Crippen LogP contribution >= 0.6 is 0 Å². The van der Waals surface area contributed by atoms with E-state index in [1.165, 1.54) is 11.6 Å². The van der Waals surface area contributed by atoms with Crippen LogP contribution in [0.3, 0.4) is 0 Å². The Labute approximate surface area is 164 Å². The second kappa shape index (κ2) is 7.76. The molecule has 29 heavy (non-hydrogen) atoms. The standard InChI is InChI=1S/C18H19F3N6O2/c1-11-5-12(14-8-27(26-25-14)9-17(2,29)10-28)7-13(6-11)23-16-22-4-3-15(24-16)18(19,20)21/h3-8,28-29H,9-10H2,1-2H3,(H,22,23,24)/t17-/m0/s1. The van der Waals surface area contributed by atoms with E-state index < -0.39 is 24.1 Å². The van der Waals surface area contributed by atoms with Crippen LogP contribution in [0.4, 0.5) is 24.8 Å². The maximum absolute atomic E-state index is 12.8. The van der Waals surface area contributed by atoms with E-state index in [-0.39, 0.29) is 12.5 Å². The number of anilines is 2. The number of aryl methyl sites for hydroxylation is 1. The third kappa shape index (κ3) is 5.27. The molecule has 8 nitrogen and oxygen atoms in total. The molecule has 0 unspecified atom stereocenters. The fraction of sp³-hybridized carbons (Fsp3) is 0.333. The van der Waals surface area contributed by atoms with Gasteiger partial charge in [0.2, 0.25) is 5.95 Å². The normalized spacial score (nSPS) is 13.9. The highest BCUT2D eigenvalue weighted by Gasteiger charge is 2.32. The average Bonchev–Trinajstić information content (AvgIpc) is 3.08. The Hall–Kier alpha value is -3.05. The molecular weight excluding hydrogens is 389 g/mol. The summed E-state index contributed by atoms with van der Waals surface area (Å²) in [6, 6.07) is 6.03. The lowest BCUT2D eigenvalue weighted by Crippen LogP contribution is -2.34. The fourth-order valence-corrected chi connectivity index (χ4v) is 2.62. The van der Waals surface area contributed by atoms with Gasteiger partial charge >= 0.3 is 6.18 Å². The van der Waals surface area contributed by atoms with Crippen molar-refractivity contribution in [1.82, 2.24) is 25.0 Å². The molecule has 2 aromatic heterocycles. The average molecular weight is 408 g/mol. The van der Waals surface area contributed by atoms with Crippen molar-refractivity contribution >= 4 is 11.6 Å². The molecule has 0 amide bonds. The smallest absolute Gasteiger partial charge is 0.393 e. The summed E-state index contributed by atoms with van der Waals surface area (Å²) in [4.78, 5) is 7.32. The first kappa shape index (κ1) is 20.7. The van der Waals surface area contributed by atoms with E-state index in [4.69, 9.17) is 5.11 Å². The predicted octanol–water partition coefficient (Wildman–Crippen LogP) is 2.55. The monoisotopic (exact) mass is 408 g/mol. The van der Waals surface area contributed by atoms with Crippen molar-refractivity contribution in [2.75, 3.05) is 11.9 Å². The van der Waals surface area contributed by atoms with Crippen molar-refractivity contribution < 1.29 is 23.4 Å². The molecule has 0 fully saturated rings. The van der Waals surface area contributed by atoms with Gasteiger partial charge < -0.3 is 15.5 Å². The Balaban J connectivity index is 1.85. The first-order chi connectivity index (χ1) is 13.6. The molecule has 1 atom stereocenters. The number of aliphatic hydroxyl groups is 2. The minimum absolute atomic E-state index is 0.0471. The van der Waals surface area contributed by atoms with E-state index in [1.807, 2.05) is 13.0 Å². The van der Waals surface area contributed by atoms with Crippen molar-refractivity contribution in [2.45, 2.75) is 32.2 Å². The Morgan fingerprint density at radius 1 is 1.21 bits per heavy atom. The Kier molecular flexibility index (Phi) is 5.53. The first-order valence-electron chi connectivity index (χ1n) is 8.58. The zero-order valence-electron chi connectivity index (χ0n) is 15.6. The molecule has 0 saturated heterocycles. The first-order valence-corrected chi connectivity index (χ1v) is 8.58. The molecule has 0 saturated carbocycles. The molecule has 11 heteroatoms. The summed E-state index contributed by atoms with van der Waals surface area (Å²) >= 11 is 0. The summed E-state index contributed by atoms with van der Waals surface area (Å²) < 4.78 is 39.9. The Bertz CT molecular complexity index is 1000. The largest absolute Gasteiger partial charge is 0.433 e. The number of benzene rings is 1. The maximum atomic E-state index is 12.8. The number of hydrogen-bond donors (Lipinski definition) is 3. The second-order valence-electron chi connectivity index (χ2n) is 6.93. The van der Waals surface area contributed by atoms with Crippen LogP contribution in [0.5, 0.6) is 0 Å². The number of alkyl halides is 3. The zero-order chi connectivity index (χ0) is 21.2. The number of nitrogens with one attached hydrogen (secondary N) is 1. The van der Waals surface area contributed by atoms with Gasteiger partial charge in [0, 0.05) is 17.4 Å². The Morgan fingerprint density at radius 3 is 2.66 bits per heavy atom.